The lowest BCUT2D eigenvalue weighted by Gasteiger charge is -2.51. The average molecular weight is 365 g/mol. The third-order valence-electron chi connectivity index (χ3n) is 5.72. The normalized spacial score (nSPS) is 27.0. The first-order valence-electron chi connectivity index (χ1n) is 9.56. The second-order valence-corrected chi connectivity index (χ2v) is 7.43. The van der Waals surface area contributed by atoms with Gasteiger partial charge in [-0.25, -0.2) is 4.39 Å². The minimum atomic E-state index is -0.300. The summed E-state index contributed by atoms with van der Waals surface area (Å²) in [5, 5.41) is 3.22. The summed E-state index contributed by atoms with van der Waals surface area (Å²) in [6, 6.07) is 10.7. The summed E-state index contributed by atoms with van der Waals surface area (Å²) in [5.74, 6) is 0.101. The second kappa shape index (κ2) is 8.01. The maximum atomic E-state index is 13.3. The Hall–Kier alpha value is -2.53. The van der Waals surface area contributed by atoms with E-state index in [2.05, 4.69) is 21.3 Å². The molecule has 1 aromatic heterocycles. The van der Waals surface area contributed by atoms with Crippen molar-refractivity contribution in [2.24, 2.45) is 5.92 Å². The van der Waals surface area contributed by atoms with Crippen LogP contribution in [0.25, 0.3) is 6.08 Å². The lowest BCUT2D eigenvalue weighted by molar-refractivity contribution is -0.119. The third-order valence-corrected chi connectivity index (χ3v) is 5.72. The van der Waals surface area contributed by atoms with Crippen molar-refractivity contribution < 1.29 is 9.18 Å². The maximum absolute atomic E-state index is 13.3. The molecule has 2 bridgehead atoms. The van der Waals surface area contributed by atoms with Gasteiger partial charge in [0.1, 0.15) is 5.82 Å². The number of rotatable bonds is 5. The first-order chi connectivity index (χ1) is 13.2. The number of benzene rings is 1. The van der Waals surface area contributed by atoms with Gasteiger partial charge in [-0.1, -0.05) is 18.2 Å². The van der Waals surface area contributed by atoms with E-state index in [0.717, 1.165) is 32.4 Å². The van der Waals surface area contributed by atoms with Gasteiger partial charge in [-0.3, -0.25) is 14.7 Å². The fourth-order valence-corrected chi connectivity index (χ4v) is 4.38. The van der Waals surface area contributed by atoms with E-state index < -0.39 is 0 Å². The molecule has 3 aliphatic heterocycles. The van der Waals surface area contributed by atoms with Crippen LogP contribution < -0.4 is 5.32 Å². The molecule has 3 aliphatic rings. The molecule has 3 saturated heterocycles. The van der Waals surface area contributed by atoms with E-state index in [9.17, 15) is 9.18 Å². The molecule has 1 aromatic carbocycles. The Morgan fingerprint density at radius 2 is 2.11 bits per heavy atom. The van der Waals surface area contributed by atoms with Crippen molar-refractivity contribution in [3.05, 3.63) is 71.8 Å². The van der Waals surface area contributed by atoms with Crippen LogP contribution in [-0.4, -0.2) is 41.0 Å². The number of aromatic nitrogens is 1. The van der Waals surface area contributed by atoms with Crippen LogP contribution in [-0.2, 0) is 11.2 Å². The van der Waals surface area contributed by atoms with E-state index in [4.69, 9.17) is 0 Å². The summed E-state index contributed by atoms with van der Waals surface area (Å²) in [6.45, 7) is 2.20. The Kier molecular flexibility index (Phi) is 5.30. The zero-order chi connectivity index (χ0) is 18.6. The number of halogens is 1. The molecule has 0 spiro atoms. The predicted molar refractivity (Wildman–Crippen MR) is 103 cm³/mol. The molecule has 0 radical (unpaired) electrons. The number of hydrogen-bond acceptors (Lipinski definition) is 3. The van der Waals surface area contributed by atoms with Crippen molar-refractivity contribution in [2.75, 3.05) is 13.1 Å². The topological polar surface area (TPSA) is 45.2 Å². The van der Waals surface area contributed by atoms with Crippen LogP contribution in [0.5, 0.6) is 0 Å². The molecule has 0 aliphatic carbocycles. The molecule has 4 heterocycles. The van der Waals surface area contributed by atoms with Crippen LogP contribution in [0.1, 0.15) is 24.0 Å². The van der Waals surface area contributed by atoms with Crippen LogP contribution in [0.15, 0.2) is 54.9 Å². The maximum Gasteiger partial charge on any atom is 0.244 e. The largest absolute Gasteiger partial charge is 0.348 e. The third kappa shape index (κ3) is 4.25. The standard InChI is InChI=1S/C22H24FN3O/c23-19-5-1-3-16(13-19)6-7-21(27)25-22-18-8-11-26(12-9-18)20(22)14-17-4-2-10-24-15-17/h1-7,10,13,15,18,20,22H,8-9,11-12,14H2,(H,25,27). The van der Waals surface area contributed by atoms with Gasteiger partial charge in [0.25, 0.3) is 0 Å². The van der Waals surface area contributed by atoms with Crippen molar-refractivity contribution in [3.63, 3.8) is 0 Å². The molecule has 5 heteroatoms. The van der Waals surface area contributed by atoms with E-state index in [1.165, 1.54) is 23.8 Å². The SMILES string of the molecule is O=C(C=Cc1cccc(F)c1)NC1C2CCN(CC2)C1Cc1cccnc1. The number of carbonyl (C=O) groups is 1. The summed E-state index contributed by atoms with van der Waals surface area (Å²) < 4.78 is 13.3. The van der Waals surface area contributed by atoms with Crippen LogP contribution in [0.4, 0.5) is 4.39 Å². The highest BCUT2D eigenvalue weighted by atomic mass is 19.1. The molecule has 2 atom stereocenters. The molecule has 4 nitrogen and oxygen atoms in total. The number of nitrogens with one attached hydrogen (secondary N) is 1. The van der Waals surface area contributed by atoms with Crippen molar-refractivity contribution in [1.82, 2.24) is 15.2 Å². The van der Waals surface area contributed by atoms with E-state index in [-0.39, 0.29) is 17.8 Å². The molecule has 5 rings (SSSR count). The highest BCUT2D eigenvalue weighted by Crippen LogP contribution is 2.33. The van der Waals surface area contributed by atoms with Gasteiger partial charge in [0.2, 0.25) is 5.91 Å². The van der Waals surface area contributed by atoms with Crippen molar-refractivity contribution in [1.29, 1.82) is 0 Å². The Labute approximate surface area is 159 Å². The molecule has 2 aromatic rings. The molecular formula is C22H24FN3O. The summed E-state index contributed by atoms with van der Waals surface area (Å²) in [6.07, 6.45) is 10.0. The van der Waals surface area contributed by atoms with Gasteiger partial charge in [-0.2, -0.15) is 0 Å². The first-order valence-corrected chi connectivity index (χ1v) is 9.56. The quantitative estimate of drug-likeness (QED) is 0.829. The fourth-order valence-electron chi connectivity index (χ4n) is 4.38. The van der Waals surface area contributed by atoms with E-state index >= 15 is 0 Å². The van der Waals surface area contributed by atoms with Gasteiger partial charge in [0.15, 0.2) is 0 Å². The molecule has 1 N–H and O–H groups in total. The van der Waals surface area contributed by atoms with Gasteiger partial charge >= 0.3 is 0 Å². The lowest BCUT2D eigenvalue weighted by atomic mass is 9.77. The Morgan fingerprint density at radius 3 is 2.85 bits per heavy atom. The number of hydrogen-bond donors (Lipinski definition) is 1. The van der Waals surface area contributed by atoms with E-state index in [1.54, 1.807) is 24.4 Å². The van der Waals surface area contributed by atoms with E-state index in [0.29, 0.717) is 17.5 Å². The van der Waals surface area contributed by atoms with Gasteiger partial charge in [-0.05, 0) is 73.7 Å². The number of carbonyl (C=O) groups excluding carboxylic acids is 1. The monoisotopic (exact) mass is 365 g/mol. The highest BCUT2D eigenvalue weighted by molar-refractivity contribution is 5.92. The van der Waals surface area contributed by atoms with Crippen molar-refractivity contribution in [2.45, 2.75) is 31.3 Å². The number of nitrogens with zero attached hydrogens (tertiary/aromatic N) is 2. The van der Waals surface area contributed by atoms with Crippen molar-refractivity contribution >= 4 is 12.0 Å². The molecular weight excluding hydrogens is 341 g/mol. The van der Waals surface area contributed by atoms with Crippen LogP contribution in [0.2, 0.25) is 0 Å². The smallest absolute Gasteiger partial charge is 0.244 e. The van der Waals surface area contributed by atoms with E-state index in [1.807, 2.05) is 12.3 Å². The average Bonchev–Trinajstić information content (AvgIpc) is 2.70. The van der Waals surface area contributed by atoms with Gasteiger partial charge in [-0.15, -0.1) is 0 Å². The highest BCUT2D eigenvalue weighted by Gasteiger charge is 2.42. The fraction of sp³-hybridized carbons (Fsp3) is 0.364. The molecule has 0 saturated carbocycles. The van der Waals surface area contributed by atoms with Crippen LogP contribution in [0.3, 0.4) is 0 Å². The summed E-state index contributed by atoms with van der Waals surface area (Å²) in [5.41, 5.74) is 1.88. The zero-order valence-electron chi connectivity index (χ0n) is 15.2. The zero-order valence-corrected chi connectivity index (χ0v) is 15.2. The lowest BCUT2D eigenvalue weighted by Crippen LogP contribution is -2.64. The van der Waals surface area contributed by atoms with Crippen LogP contribution in [0, 0.1) is 11.7 Å². The minimum Gasteiger partial charge on any atom is -0.348 e. The molecule has 27 heavy (non-hydrogen) atoms. The summed E-state index contributed by atoms with van der Waals surface area (Å²) in [7, 11) is 0. The Balaban J connectivity index is 1.45. The summed E-state index contributed by atoms with van der Waals surface area (Å²) in [4.78, 5) is 19.2. The van der Waals surface area contributed by atoms with Gasteiger partial charge in [0, 0.05) is 30.6 Å². The predicted octanol–water partition coefficient (Wildman–Crippen LogP) is 3.06. The van der Waals surface area contributed by atoms with Crippen molar-refractivity contribution in [3.8, 4) is 0 Å². The number of pyridine rings is 1. The van der Waals surface area contributed by atoms with Gasteiger partial charge in [0.05, 0.1) is 0 Å². The Bertz CT molecular complexity index is 815. The number of piperidine rings is 3. The van der Waals surface area contributed by atoms with Crippen LogP contribution >= 0.6 is 0 Å². The number of fused-ring (bicyclic) bond motifs is 3. The molecule has 140 valence electrons. The first kappa shape index (κ1) is 17.9. The number of amides is 1. The minimum absolute atomic E-state index is 0.116. The Morgan fingerprint density at radius 1 is 1.26 bits per heavy atom. The van der Waals surface area contributed by atoms with Gasteiger partial charge < -0.3 is 5.32 Å². The molecule has 1 amide bonds. The second-order valence-electron chi connectivity index (χ2n) is 7.43. The summed E-state index contributed by atoms with van der Waals surface area (Å²) >= 11 is 0. The molecule has 3 fully saturated rings. The molecule has 2 unspecified atom stereocenters.